The van der Waals surface area contributed by atoms with Crippen molar-refractivity contribution in [2.24, 2.45) is 5.73 Å². The maximum atomic E-state index is 12.7. The van der Waals surface area contributed by atoms with Crippen molar-refractivity contribution in [3.63, 3.8) is 0 Å². The molecule has 6 nitrogen and oxygen atoms in total. The fourth-order valence-corrected chi connectivity index (χ4v) is 4.30. The zero-order valence-electron chi connectivity index (χ0n) is 17.7. The van der Waals surface area contributed by atoms with Crippen LogP contribution in [0.2, 0.25) is 0 Å². The molecule has 2 amide bonds. The van der Waals surface area contributed by atoms with Gasteiger partial charge in [0.1, 0.15) is 5.65 Å². The highest BCUT2D eigenvalue weighted by atomic mass is 16.2. The molecule has 1 aliphatic heterocycles. The van der Waals surface area contributed by atoms with Crippen molar-refractivity contribution in [3.8, 4) is 22.3 Å². The van der Waals surface area contributed by atoms with Crippen LogP contribution in [0.4, 0.5) is 0 Å². The van der Waals surface area contributed by atoms with Crippen molar-refractivity contribution in [3.05, 3.63) is 78.1 Å². The van der Waals surface area contributed by atoms with E-state index in [0.29, 0.717) is 5.56 Å². The predicted octanol–water partition coefficient (Wildman–Crippen LogP) is 4.62. The van der Waals surface area contributed by atoms with Crippen LogP contribution in [0.25, 0.3) is 33.3 Å². The number of hydrogen-bond acceptors (Lipinski definition) is 3. The van der Waals surface area contributed by atoms with Gasteiger partial charge in [-0.25, -0.2) is 4.98 Å². The summed E-state index contributed by atoms with van der Waals surface area (Å²) >= 11 is 0. The predicted molar refractivity (Wildman–Crippen MR) is 125 cm³/mol. The zero-order chi connectivity index (χ0) is 22.1. The molecule has 3 N–H and O–H groups in total. The number of fused-ring (bicyclic) bond motifs is 1. The van der Waals surface area contributed by atoms with E-state index in [-0.39, 0.29) is 5.91 Å². The molecule has 6 heteroatoms. The van der Waals surface area contributed by atoms with E-state index in [4.69, 9.17) is 5.73 Å². The lowest BCUT2D eigenvalue weighted by molar-refractivity contribution is 0.0724. The summed E-state index contributed by atoms with van der Waals surface area (Å²) in [6, 6.07) is 17.1. The van der Waals surface area contributed by atoms with E-state index in [1.54, 1.807) is 12.1 Å². The van der Waals surface area contributed by atoms with Crippen LogP contribution in [0, 0.1) is 0 Å². The lowest BCUT2D eigenvalue weighted by atomic mass is 10.0. The molecule has 0 atom stereocenters. The number of aromatic nitrogens is 2. The maximum Gasteiger partial charge on any atom is 0.253 e. The Kier molecular flexibility index (Phi) is 5.19. The molecule has 2 aromatic heterocycles. The number of benzene rings is 2. The van der Waals surface area contributed by atoms with Crippen LogP contribution < -0.4 is 5.73 Å². The number of nitrogens with one attached hydrogen (secondary N) is 1. The number of amides is 2. The quantitative estimate of drug-likeness (QED) is 0.501. The van der Waals surface area contributed by atoms with Gasteiger partial charge in [0.05, 0.1) is 0 Å². The Morgan fingerprint density at radius 1 is 0.844 bits per heavy atom. The first-order chi connectivity index (χ1) is 15.6. The number of rotatable bonds is 4. The average Bonchev–Trinajstić information content (AvgIpc) is 3.27. The largest absolute Gasteiger partial charge is 0.366 e. The first kappa shape index (κ1) is 20.0. The smallest absolute Gasteiger partial charge is 0.253 e. The summed E-state index contributed by atoms with van der Waals surface area (Å²) in [6.45, 7) is 1.69. The second kappa shape index (κ2) is 8.30. The van der Waals surface area contributed by atoms with Crippen LogP contribution in [-0.4, -0.2) is 39.8 Å². The van der Waals surface area contributed by atoms with Crippen LogP contribution in [0.1, 0.15) is 40.0 Å². The standard InChI is InChI=1S/C26H24N4O2/c27-24(31)19-8-6-18(7-9-19)23-16-29-25-22(23)14-21(15-28-25)17-4-10-20(11-5-17)26(32)30-12-2-1-3-13-30/h4-11,14-16H,1-3,12-13H2,(H2,27,31)(H,28,29). The number of hydrogen-bond donors (Lipinski definition) is 2. The topological polar surface area (TPSA) is 92.1 Å². The number of piperidine rings is 1. The summed E-state index contributed by atoms with van der Waals surface area (Å²) in [4.78, 5) is 33.8. The van der Waals surface area contributed by atoms with E-state index in [2.05, 4.69) is 16.0 Å². The van der Waals surface area contributed by atoms with Gasteiger partial charge in [-0.1, -0.05) is 24.3 Å². The van der Waals surface area contributed by atoms with Crippen molar-refractivity contribution in [2.45, 2.75) is 19.3 Å². The number of nitrogens with zero attached hydrogens (tertiary/aromatic N) is 2. The number of pyridine rings is 1. The van der Waals surface area contributed by atoms with Gasteiger partial charge in [0.25, 0.3) is 5.91 Å². The molecule has 160 valence electrons. The van der Waals surface area contributed by atoms with Gasteiger partial charge in [0.2, 0.25) is 5.91 Å². The average molecular weight is 425 g/mol. The highest BCUT2D eigenvalue weighted by Gasteiger charge is 2.18. The summed E-state index contributed by atoms with van der Waals surface area (Å²) in [5.41, 5.74) is 11.3. The van der Waals surface area contributed by atoms with Crippen molar-refractivity contribution in [1.82, 2.24) is 14.9 Å². The van der Waals surface area contributed by atoms with E-state index in [1.165, 1.54) is 6.42 Å². The number of carbonyl (C=O) groups is 2. The Bertz CT molecular complexity index is 1280. The van der Waals surface area contributed by atoms with Crippen LogP contribution >= 0.6 is 0 Å². The Labute approximate surface area is 186 Å². The second-order valence-electron chi connectivity index (χ2n) is 8.19. The van der Waals surface area contributed by atoms with Crippen LogP contribution in [0.3, 0.4) is 0 Å². The molecule has 1 saturated heterocycles. The molecular formula is C26H24N4O2. The van der Waals surface area contributed by atoms with Crippen molar-refractivity contribution >= 4 is 22.8 Å². The molecule has 0 aliphatic carbocycles. The summed E-state index contributed by atoms with van der Waals surface area (Å²) in [5.74, 6) is -0.334. The van der Waals surface area contributed by atoms with Crippen molar-refractivity contribution < 1.29 is 9.59 Å². The van der Waals surface area contributed by atoms with Gasteiger partial charge in [-0.3, -0.25) is 9.59 Å². The normalized spacial score (nSPS) is 13.9. The lowest BCUT2D eigenvalue weighted by Crippen LogP contribution is -2.35. The first-order valence-corrected chi connectivity index (χ1v) is 10.9. The SMILES string of the molecule is NC(=O)c1ccc(-c2c[nH]c3ncc(-c4ccc(C(=O)N5CCCCC5)cc4)cc23)cc1. The molecule has 4 aromatic rings. The van der Waals surface area contributed by atoms with Crippen molar-refractivity contribution in [2.75, 3.05) is 13.1 Å². The van der Waals surface area contributed by atoms with Gasteiger partial charge in [0.15, 0.2) is 0 Å². The van der Waals surface area contributed by atoms with E-state index in [1.807, 2.05) is 53.7 Å². The van der Waals surface area contributed by atoms with Crippen LogP contribution in [-0.2, 0) is 0 Å². The van der Waals surface area contributed by atoms with E-state index >= 15 is 0 Å². The monoisotopic (exact) mass is 424 g/mol. The summed E-state index contributed by atoms with van der Waals surface area (Å²) in [7, 11) is 0. The maximum absolute atomic E-state index is 12.7. The molecule has 5 rings (SSSR count). The Hall–Kier alpha value is -3.93. The Morgan fingerprint density at radius 2 is 1.50 bits per heavy atom. The molecule has 0 radical (unpaired) electrons. The highest BCUT2D eigenvalue weighted by molar-refractivity contribution is 5.98. The van der Waals surface area contributed by atoms with E-state index in [9.17, 15) is 9.59 Å². The third-order valence-electron chi connectivity index (χ3n) is 6.12. The fourth-order valence-electron chi connectivity index (χ4n) is 4.30. The van der Waals surface area contributed by atoms with Crippen LogP contribution in [0.5, 0.6) is 0 Å². The molecule has 0 saturated carbocycles. The van der Waals surface area contributed by atoms with Gasteiger partial charge in [-0.15, -0.1) is 0 Å². The van der Waals surface area contributed by atoms with Crippen molar-refractivity contribution in [1.29, 1.82) is 0 Å². The van der Waals surface area contributed by atoms with Gasteiger partial charge in [-0.2, -0.15) is 0 Å². The minimum atomic E-state index is -0.443. The molecule has 1 fully saturated rings. The summed E-state index contributed by atoms with van der Waals surface area (Å²) in [5, 5.41) is 0.989. The molecule has 0 unspecified atom stereocenters. The number of aromatic amines is 1. The fraction of sp³-hybridized carbons (Fsp3) is 0.192. The van der Waals surface area contributed by atoms with Crippen LogP contribution in [0.15, 0.2) is 67.0 Å². The number of primary amides is 1. The Balaban J connectivity index is 1.44. The van der Waals surface area contributed by atoms with Gasteiger partial charge in [0, 0.05) is 53.1 Å². The minimum Gasteiger partial charge on any atom is -0.366 e. The minimum absolute atomic E-state index is 0.108. The third kappa shape index (κ3) is 3.75. The van der Waals surface area contributed by atoms with E-state index in [0.717, 1.165) is 64.8 Å². The molecule has 32 heavy (non-hydrogen) atoms. The molecule has 0 bridgehead atoms. The van der Waals surface area contributed by atoms with Gasteiger partial charge < -0.3 is 15.6 Å². The molecule has 1 aliphatic rings. The zero-order valence-corrected chi connectivity index (χ0v) is 17.7. The number of H-pyrrole nitrogens is 1. The second-order valence-corrected chi connectivity index (χ2v) is 8.19. The third-order valence-corrected chi connectivity index (χ3v) is 6.12. The Morgan fingerprint density at radius 3 is 2.19 bits per heavy atom. The first-order valence-electron chi connectivity index (χ1n) is 10.9. The molecule has 2 aromatic carbocycles. The highest BCUT2D eigenvalue weighted by Crippen LogP contribution is 2.31. The number of likely N-dealkylation sites (tertiary alicyclic amines) is 1. The number of nitrogens with two attached hydrogens (primary N) is 1. The lowest BCUT2D eigenvalue weighted by Gasteiger charge is -2.26. The van der Waals surface area contributed by atoms with Gasteiger partial charge >= 0.3 is 0 Å². The van der Waals surface area contributed by atoms with E-state index < -0.39 is 5.91 Å². The summed E-state index contributed by atoms with van der Waals surface area (Å²) < 4.78 is 0. The number of carbonyl (C=O) groups excluding carboxylic acids is 2. The summed E-state index contributed by atoms with van der Waals surface area (Å²) in [6.07, 6.45) is 7.12. The van der Waals surface area contributed by atoms with Gasteiger partial charge in [-0.05, 0) is 60.7 Å². The molecule has 0 spiro atoms. The molecule has 3 heterocycles. The molecular weight excluding hydrogens is 400 g/mol.